The van der Waals surface area contributed by atoms with Gasteiger partial charge in [0.25, 0.3) is 0 Å². The average Bonchev–Trinajstić information content (AvgIpc) is 3.22. The molecule has 0 aliphatic rings. The Bertz CT molecular complexity index is 793. The van der Waals surface area contributed by atoms with Crippen LogP contribution in [0.15, 0.2) is 54.2 Å². The van der Waals surface area contributed by atoms with Crippen LogP contribution < -0.4 is 5.32 Å². The van der Waals surface area contributed by atoms with Gasteiger partial charge in [-0.15, -0.1) is 11.3 Å². The lowest BCUT2D eigenvalue weighted by Gasteiger charge is -2.18. The van der Waals surface area contributed by atoms with Crippen molar-refractivity contribution in [3.05, 3.63) is 70.2 Å². The zero-order valence-corrected chi connectivity index (χ0v) is 14.6. The standard InChI is InChI=1S/C18H20N4OS/c1-14-8-11-24-17(14)13-21(2)18(23)20-16-6-4-15(5-7-16)12-22-10-3-9-19-22/h3-11H,12-13H2,1-2H3,(H,20,23). The highest BCUT2D eigenvalue weighted by Crippen LogP contribution is 2.18. The Morgan fingerprint density at radius 2 is 2.08 bits per heavy atom. The van der Waals surface area contributed by atoms with E-state index in [2.05, 4.69) is 28.8 Å². The molecule has 2 amide bonds. The molecule has 0 radical (unpaired) electrons. The maximum absolute atomic E-state index is 12.3. The predicted octanol–water partition coefficient (Wildman–Crippen LogP) is 3.97. The third kappa shape index (κ3) is 4.02. The molecule has 0 saturated heterocycles. The van der Waals surface area contributed by atoms with Gasteiger partial charge in [-0.25, -0.2) is 4.79 Å². The molecule has 6 heteroatoms. The van der Waals surface area contributed by atoms with Gasteiger partial charge in [-0.05, 0) is 47.7 Å². The highest BCUT2D eigenvalue weighted by molar-refractivity contribution is 7.10. The van der Waals surface area contributed by atoms with Crippen molar-refractivity contribution in [2.24, 2.45) is 0 Å². The molecule has 1 N–H and O–H groups in total. The van der Waals surface area contributed by atoms with Crippen LogP contribution in [-0.4, -0.2) is 27.8 Å². The number of nitrogens with one attached hydrogen (secondary N) is 1. The Morgan fingerprint density at radius 1 is 1.29 bits per heavy atom. The number of rotatable bonds is 5. The zero-order valence-electron chi connectivity index (χ0n) is 13.8. The Kier molecular flexibility index (Phi) is 4.96. The van der Waals surface area contributed by atoms with E-state index >= 15 is 0 Å². The van der Waals surface area contributed by atoms with Crippen LogP contribution in [0.1, 0.15) is 16.0 Å². The fraction of sp³-hybridized carbons (Fsp3) is 0.222. The van der Waals surface area contributed by atoms with Gasteiger partial charge in [-0.2, -0.15) is 5.10 Å². The van der Waals surface area contributed by atoms with E-state index < -0.39 is 0 Å². The van der Waals surface area contributed by atoms with Crippen LogP contribution in [0.25, 0.3) is 0 Å². The molecule has 2 heterocycles. The maximum atomic E-state index is 12.3. The van der Waals surface area contributed by atoms with Gasteiger partial charge < -0.3 is 10.2 Å². The fourth-order valence-electron chi connectivity index (χ4n) is 2.35. The van der Waals surface area contributed by atoms with Crippen molar-refractivity contribution >= 4 is 23.1 Å². The number of amides is 2. The summed E-state index contributed by atoms with van der Waals surface area (Å²) >= 11 is 1.68. The molecular formula is C18H20N4OS. The van der Waals surface area contributed by atoms with Crippen molar-refractivity contribution in [1.29, 1.82) is 0 Å². The van der Waals surface area contributed by atoms with Crippen LogP contribution >= 0.6 is 11.3 Å². The van der Waals surface area contributed by atoms with Gasteiger partial charge in [0, 0.05) is 30.0 Å². The third-order valence-corrected chi connectivity index (χ3v) is 4.81. The van der Waals surface area contributed by atoms with Crippen LogP contribution in [-0.2, 0) is 13.1 Å². The number of aryl methyl sites for hydroxylation is 1. The van der Waals surface area contributed by atoms with Crippen LogP contribution in [0.5, 0.6) is 0 Å². The number of carbonyl (C=O) groups excluding carboxylic acids is 1. The Labute approximate surface area is 145 Å². The second-order valence-electron chi connectivity index (χ2n) is 5.71. The minimum absolute atomic E-state index is 0.109. The molecule has 0 fully saturated rings. The summed E-state index contributed by atoms with van der Waals surface area (Å²) in [5.41, 5.74) is 3.15. The van der Waals surface area contributed by atoms with Gasteiger partial charge in [-0.1, -0.05) is 12.1 Å². The molecular weight excluding hydrogens is 320 g/mol. The Morgan fingerprint density at radius 3 is 2.71 bits per heavy atom. The molecule has 0 unspecified atom stereocenters. The van der Waals surface area contributed by atoms with E-state index in [1.165, 1.54) is 10.4 Å². The van der Waals surface area contributed by atoms with Crippen molar-refractivity contribution in [2.45, 2.75) is 20.0 Å². The lowest BCUT2D eigenvalue weighted by atomic mass is 10.2. The molecule has 0 aliphatic heterocycles. The number of anilines is 1. The molecule has 3 rings (SSSR count). The first-order valence-corrected chi connectivity index (χ1v) is 8.61. The average molecular weight is 340 g/mol. The summed E-state index contributed by atoms with van der Waals surface area (Å²) < 4.78 is 1.87. The molecule has 5 nitrogen and oxygen atoms in total. The molecule has 0 spiro atoms. The van der Waals surface area contributed by atoms with Gasteiger partial charge in [0.2, 0.25) is 0 Å². The Balaban J connectivity index is 1.57. The van der Waals surface area contributed by atoms with E-state index in [4.69, 9.17) is 0 Å². The second kappa shape index (κ2) is 7.31. The van der Waals surface area contributed by atoms with E-state index in [1.54, 1.807) is 29.5 Å². The maximum Gasteiger partial charge on any atom is 0.321 e. The quantitative estimate of drug-likeness (QED) is 0.764. The molecule has 24 heavy (non-hydrogen) atoms. The molecule has 1 aromatic carbocycles. The number of urea groups is 1. The van der Waals surface area contributed by atoms with Gasteiger partial charge in [-0.3, -0.25) is 4.68 Å². The molecule has 0 atom stereocenters. The van der Waals surface area contributed by atoms with E-state index in [-0.39, 0.29) is 6.03 Å². The molecule has 0 aliphatic carbocycles. The summed E-state index contributed by atoms with van der Waals surface area (Å²) in [5, 5.41) is 9.17. The van der Waals surface area contributed by atoms with E-state index in [0.29, 0.717) is 6.54 Å². The van der Waals surface area contributed by atoms with Gasteiger partial charge in [0.05, 0.1) is 13.1 Å². The van der Waals surface area contributed by atoms with Gasteiger partial charge >= 0.3 is 6.03 Å². The lowest BCUT2D eigenvalue weighted by molar-refractivity contribution is 0.221. The highest BCUT2D eigenvalue weighted by atomic mass is 32.1. The van der Waals surface area contributed by atoms with Crippen LogP contribution in [0.2, 0.25) is 0 Å². The summed E-state index contributed by atoms with van der Waals surface area (Å²) in [6.45, 7) is 3.40. The van der Waals surface area contributed by atoms with Crippen LogP contribution in [0.4, 0.5) is 10.5 Å². The minimum Gasteiger partial charge on any atom is -0.322 e. The lowest BCUT2D eigenvalue weighted by Crippen LogP contribution is -2.30. The second-order valence-corrected chi connectivity index (χ2v) is 6.71. The number of aromatic nitrogens is 2. The van der Waals surface area contributed by atoms with Crippen molar-refractivity contribution < 1.29 is 4.79 Å². The van der Waals surface area contributed by atoms with E-state index in [9.17, 15) is 4.79 Å². The Hall–Kier alpha value is -2.60. The summed E-state index contributed by atoms with van der Waals surface area (Å²) in [5.74, 6) is 0. The van der Waals surface area contributed by atoms with Gasteiger partial charge in [0.15, 0.2) is 0 Å². The van der Waals surface area contributed by atoms with E-state index in [1.807, 2.05) is 41.2 Å². The number of benzene rings is 1. The van der Waals surface area contributed by atoms with Crippen molar-refractivity contribution in [3.63, 3.8) is 0 Å². The molecule has 0 bridgehead atoms. The van der Waals surface area contributed by atoms with Gasteiger partial charge in [0.1, 0.15) is 0 Å². The minimum atomic E-state index is -0.109. The first-order valence-electron chi connectivity index (χ1n) is 7.73. The van der Waals surface area contributed by atoms with Crippen molar-refractivity contribution in [3.8, 4) is 0 Å². The summed E-state index contributed by atoms with van der Waals surface area (Å²) in [4.78, 5) is 15.2. The zero-order chi connectivity index (χ0) is 16.9. The predicted molar refractivity (Wildman–Crippen MR) is 97.3 cm³/mol. The smallest absolute Gasteiger partial charge is 0.321 e. The topological polar surface area (TPSA) is 50.2 Å². The molecule has 2 aromatic heterocycles. The largest absolute Gasteiger partial charge is 0.322 e. The molecule has 124 valence electrons. The fourth-order valence-corrected chi connectivity index (χ4v) is 3.31. The highest BCUT2D eigenvalue weighted by Gasteiger charge is 2.11. The van der Waals surface area contributed by atoms with Crippen molar-refractivity contribution in [2.75, 3.05) is 12.4 Å². The number of hydrogen-bond donors (Lipinski definition) is 1. The summed E-state index contributed by atoms with van der Waals surface area (Å²) in [7, 11) is 1.81. The number of hydrogen-bond acceptors (Lipinski definition) is 3. The van der Waals surface area contributed by atoms with Crippen LogP contribution in [0.3, 0.4) is 0 Å². The normalized spacial score (nSPS) is 10.6. The first-order chi connectivity index (χ1) is 11.6. The van der Waals surface area contributed by atoms with Crippen LogP contribution in [0, 0.1) is 6.92 Å². The third-order valence-electron chi connectivity index (χ3n) is 3.80. The summed E-state index contributed by atoms with van der Waals surface area (Å²) in [6.07, 6.45) is 3.69. The monoisotopic (exact) mass is 340 g/mol. The summed E-state index contributed by atoms with van der Waals surface area (Å²) in [6, 6.07) is 11.7. The molecule has 3 aromatic rings. The first kappa shape index (κ1) is 16.3. The SMILES string of the molecule is Cc1ccsc1CN(C)C(=O)Nc1ccc(Cn2cccn2)cc1. The number of carbonyl (C=O) groups is 1. The molecule has 0 saturated carbocycles. The number of thiophene rings is 1. The van der Waals surface area contributed by atoms with Crippen molar-refractivity contribution in [1.82, 2.24) is 14.7 Å². The van der Waals surface area contributed by atoms with E-state index in [0.717, 1.165) is 17.8 Å². The number of nitrogens with zero attached hydrogens (tertiary/aromatic N) is 3.